The third-order valence-electron chi connectivity index (χ3n) is 4.62. The Balaban J connectivity index is 2.36. The van der Waals surface area contributed by atoms with E-state index >= 15 is 0 Å². The summed E-state index contributed by atoms with van der Waals surface area (Å²) in [6.45, 7) is 1.30. The molecule has 2 aromatic carbocycles. The molecule has 30 heavy (non-hydrogen) atoms. The van der Waals surface area contributed by atoms with E-state index in [2.05, 4.69) is 5.32 Å². The van der Waals surface area contributed by atoms with E-state index in [9.17, 15) is 18.0 Å². The molecule has 1 N–H and O–H groups in total. The van der Waals surface area contributed by atoms with Crippen molar-refractivity contribution in [2.45, 2.75) is 19.5 Å². The molecule has 0 radical (unpaired) electrons. The third-order valence-corrected chi connectivity index (χ3v) is 5.76. The molecule has 0 aliphatic carbocycles. The van der Waals surface area contributed by atoms with Crippen molar-refractivity contribution in [2.24, 2.45) is 0 Å². The summed E-state index contributed by atoms with van der Waals surface area (Å²) >= 11 is 0. The SMILES string of the molecule is CNC(=O)[C@@H](C)N(Cc1cccc(OC)c1)C(=O)CN(c1ccccc1)S(C)(=O)=O. The number of para-hydroxylation sites is 1. The van der Waals surface area contributed by atoms with Crippen LogP contribution in [-0.4, -0.2) is 58.1 Å². The van der Waals surface area contributed by atoms with E-state index in [1.54, 1.807) is 62.6 Å². The predicted molar refractivity (Wildman–Crippen MR) is 116 cm³/mol. The Labute approximate surface area is 177 Å². The molecule has 0 aliphatic heterocycles. The molecule has 2 rings (SSSR count). The normalized spacial score (nSPS) is 12.0. The molecule has 1 atom stereocenters. The van der Waals surface area contributed by atoms with Crippen LogP contribution in [0.1, 0.15) is 12.5 Å². The Morgan fingerprint density at radius 2 is 1.77 bits per heavy atom. The number of amides is 2. The van der Waals surface area contributed by atoms with Gasteiger partial charge in [-0.3, -0.25) is 13.9 Å². The molecule has 162 valence electrons. The summed E-state index contributed by atoms with van der Waals surface area (Å²) in [5.41, 5.74) is 1.13. The van der Waals surface area contributed by atoms with Crippen molar-refractivity contribution >= 4 is 27.5 Å². The number of benzene rings is 2. The van der Waals surface area contributed by atoms with E-state index in [1.165, 1.54) is 11.9 Å². The number of ether oxygens (including phenoxy) is 1. The van der Waals surface area contributed by atoms with E-state index in [0.29, 0.717) is 11.4 Å². The third kappa shape index (κ3) is 5.96. The van der Waals surface area contributed by atoms with Crippen molar-refractivity contribution in [2.75, 3.05) is 31.3 Å². The van der Waals surface area contributed by atoms with E-state index in [4.69, 9.17) is 4.74 Å². The van der Waals surface area contributed by atoms with E-state index in [0.717, 1.165) is 16.1 Å². The lowest BCUT2D eigenvalue weighted by Gasteiger charge is -2.31. The zero-order chi connectivity index (χ0) is 22.3. The number of anilines is 1. The Morgan fingerprint density at radius 3 is 2.33 bits per heavy atom. The molecule has 0 unspecified atom stereocenters. The zero-order valence-corrected chi connectivity index (χ0v) is 18.3. The average molecular weight is 434 g/mol. The fourth-order valence-corrected chi connectivity index (χ4v) is 3.82. The fourth-order valence-electron chi connectivity index (χ4n) is 2.97. The van der Waals surface area contributed by atoms with Crippen LogP contribution in [0.25, 0.3) is 0 Å². The second kappa shape index (κ2) is 10.1. The number of hydrogen-bond acceptors (Lipinski definition) is 5. The van der Waals surface area contributed by atoms with Gasteiger partial charge in [-0.25, -0.2) is 8.42 Å². The van der Waals surface area contributed by atoms with Gasteiger partial charge in [0.05, 0.1) is 19.1 Å². The molecule has 8 nitrogen and oxygen atoms in total. The zero-order valence-electron chi connectivity index (χ0n) is 17.5. The largest absolute Gasteiger partial charge is 0.497 e. The molecule has 0 saturated carbocycles. The summed E-state index contributed by atoms with van der Waals surface area (Å²) in [4.78, 5) is 26.8. The highest BCUT2D eigenvalue weighted by molar-refractivity contribution is 7.92. The Morgan fingerprint density at radius 1 is 1.10 bits per heavy atom. The maximum atomic E-state index is 13.2. The van der Waals surface area contributed by atoms with Crippen LogP contribution in [0.5, 0.6) is 5.75 Å². The van der Waals surface area contributed by atoms with Crippen LogP contribution in [0.3, 0.4) is 0 Å². The molecule has 2 aromatic rings. The minimum absolute atomic E-state index is 0.122. The van der Waals surface area contributed by atoms with Gasteiger partial charge in [0.1, 0.15) is 18.3 Å². The van der Waals surface area contributed by atoms with E-state index in [1.807, 2.05) is 6.07 Å². The Bertz CT molecular complexity index is 979. The number of rotatable bonds is 9. The van der Waals surface area contributed by atoms with Crippen LogP contribution in [0.2, 0.25) is 0 Å². The predicted octanol–water partition coefficient (Wildman–Crippen LogP) is 1.62. The second-order valence-electron chi connectivity index (χ2n) is 6.77. The average Bonchev–Trinajstić information content (AvgIpc) is 2.74. The van der Waals surface area contributed by atoms with Crippen LogP contribution in [0.15, 0.2) is 54.6 Å². The van der Waals surface area contributed by atoms with Gasteiger partial charge in [0.2, 0.25) is 21.8 Å². The molecular weight excluding hydrogens is 406 g/mol. The van der Waals surface area contributed by atoms with E-state index in [-0.39, 0.29) is 12.5 Å². The van der Waals surface area contributed by atoms with Crippen LogP contribution >= 0.6 is 0 Å². The van der Waals surface area contributed by atoms with Gasteiger partial charge in [-0.15, -0.1) is 0 Å². The summed E-state index contributed by atoms with van der Waals surface area (Å²) in [5.74, 6) is -0.227. The first kappa shape index (κ1) is 23.2. The second-order valence-corrected chi connectivity index (χ2v) is 8.68. The molecule has 0 spiro atoms. The van der Waals surface area contributed by atoms with Crippen molar-refractivity contribution in [1.82, 2.24) is 10.2 Å². The maximum absolute atomic E-state index is 13.2. The Kier molecular flexibility index (Phi) is 7.82. The molecule has 0 aliphatic rings. The molecule has 0 bridgehead atoms. The van der Waals surface area contributed by atoms with Crippen molar-refractivity contribution in [3.8, 4) is 5.75 Å². The van der Waals surface area contributed by atoms with Gasteiger partial charge in [0.15, 0.2) is 0 Å². The quantitative estimate of drug-likeness (QED) is 0.648. The molecule has 2 amide bonds. The Hall–Kier alpha value is -3.07. The van der Waals surface area contributed by atoms with Gasteiger partial charge in [-0.2, -0.15) is 0 Å². The highest BCUT2D eigenvalue weighted by Crippen LogP contribution is 2.19. The first-order valence-corrected chi connectivity index (χ1v) is 11.2. The molecule has 0 saturated heterocycles. The first-order valence-electron chi connectivity index (χ1n) is 9.34. The molecule has 0 fully saturated rings. The monoisotopic (exact) mass is 433 g/mol. The molecule has 0 heterocycles. The standard InChI is InChI=1S/C21H27N3O5S/c1-16(21(26)22-2)23(14-17-9-8-12-19(13-17)29-3)20(25)15-24(30(4,27)28)18-10-6-5-7-11-18/h5-13,16H,14-15H2,1-4H3,(H,22,26)/t16-/m1/s1. The van der Waals surface area contributed by atoms with Gasteiger partial charge < -0.3 is 15.0 Å². The van der Waals surface area contributed by atoms with Crippen LogP contribution in [0, 0.1) is 0 Å². The summed E-state index contributed by atoms with van der Waals surface area (Å²) < 4.78 is 31.0. The van der Waals surface area contributed by atoms with Crippen LogP contribution in [0.4, 0.5) is 5.69 Å². The summed E-state index contributed by atoms with van der Waals surface area (Å²) in [6, 6.07) is 14.7. The lowest BCUT2D eigenvalue weighted by atomic mass is 10.1. The fraction of sp³-hybridized carbons (Fsp3) is 0.333. The number of carbonyl (C=O) groups is 2. The molecule has 9 heteroatoms. The van der Waals surface area contributed by atoms with Gasteiger partial charge >= 0.3 is 0 Å². The highest BCUT2D eigenvalue weighted by atomic mass is 32.2. The van der Waals surface area contributed by atoms with Crippen molar-refractivity contribution < 1.29 is 22.7 Å². The lowest BCUT2D eigenvalue weighted by molar-refractivity contribution is -0.139. The highest BCUT2D eigenvalue weighted by Gasteiger charge is 2.29. The van der Waals surface area contributed by atoms with E-state index < -0.39 is 28.5 Å². The number of methoxy groups -OCH3 is 1. The van der Waals surface area contributed by atoms with Gasteiger partial charge in [0.25, 0.3) is 0 Å². The summed E-state index contributed by atoms with van der Waals surface area (Å²) in [7, 11) is -0.690. The summed E-state index contributed by atoms with van der Waals surface area (Å²) in [6.07, 6.45) is 1.04. The van der Waals surface area contributed by atoms with Crippen LogP contribution < -0.4 is 14.4 Å². The maximum Gasteiger partial charge on any atom is 0.244 e. The van der Waals surface area contributed by atoms with Crippen molar-refractivity contribution in [3.63, 3.8) is 0 Å². The van der Waals surface area contributed by atoms with Gasteiger partial charge in [0, 0.05) is 13.6 Å². The number of hydrogen-bond donors (Lipinski definition) is 1. The molecular formula is C21H27N3O5S. The minimum Gasteiger partial charge on any atom is -0.497 e. The lowest BCUT2D eigenvalue weighted by Crippen LogP contribution is -2.50. The number of nitrogens with one attached hydrogen (secondary N) is 1. The topological polar surface area (TPSA) is 96.0 Å². The minimum atomic E-state index is -3.72. The molecule has 0 aromatic heterocycles. The first-order chi connectivity index (χ1) is 14.2. The van der Waals surface area contributed by atoms with Gasteiger partial charge in [-0.05, 0) is 36.8 Å². The number of sulfonamides is 1. The smallest absolute Gasteiger partial charge is 0.244 e. The van der Waals surface area contributed by atoms with Gasteiger partial charge in [-0.1, -0.05) is 30.3 Å². The van der Waals surface area contributed by atoms with Crippen molar-refractivity contribution in [1.29, 1.82) is 0 Å². The number of nitrogens with zero attached hydrogens (tertiary/aromatic N) is 2. The van der Waals surface area contributed by atoms with Crippen molar-refractivity contribution in [3.05, 3.63) is 60.2 Å². The number of carbonyl (C=O) groups excluding carboxylic acids is 2. The number of likely N-dealkylation sites (N-methyl/N-ethyl adjacent to an activating group) is 1. The van der Waals surface area contributed by atoms with Crippen LogP contribution in [-0.2, 0) is 26.2 Å². The summed E-state index contributed by atoms with van der Waals surface area (Å²) in [5, 5.41) is 2.53.